The van der Waals surface area contributed by atoms with E-state index in [1.165, 1.54) is 12.8 Å². The summed E-state index contributed by atoms with van der Waals surface area (Å²) in [4.78, 5) is 15.3. The summed E-state index contributed by atoms with van der Waals surface area (Å²) < 4.78 is 32.3. The molecule has 4 heterocycles. The van der Waals surface area contributed by atoms with E-state index in [1.54, 1.807) is 6.33 Å². The van der Waals surface area contributed by atoms with Gasteiger partial charge in [-0.25, -0.2) is 18.7 Å². The summed E-state index contributed by atoms with van der Waals surface area (Å²) in [6.45, 7) is 5.03. The highest BCUT2D eigenvalue weighted by molar-refractivity contribution is 5.50. The van der Waals surface area contributed by atoms with Gasteiger partial charge in [0.1, 0.15) is 23.7 Å². The zero-order chi connectivity index (χ0) is 19.8. The fourth-order valence-corrected chi connectivity index (χ4v) is 4.07. The van der Waals surface area contributed by atoms with Crippen LogP contribution in [0, 0.1) is 0 Å². The highest BCUT2D eigenvalue weighted by Crippen LogP contribution is 2.40. The van der Waals surface area contributed by atoms with E-state index in [1.807, 2.05) is 11.0 Å². The molecule has 1 aliphatic carbocycles. The number of alkyl halides is 2. The van der Waals surface area contributed by atoms with Gasteiger partial charge in [-0.15, -0.1) is 0 Å². The number of aromatic nitrogens is 3. The molecule has 0 N–H and O–H groups in total. The Hall–Kier alpha value is -2.29. The van der Waals surface area contributed by atoms with Crippen LogP contribution in [0.1, 0.15) is 43.1 Å². The maximum atomic E-state index is 13.4. The summed E-state index contributed by atoms with van der Waals surface area (Å²) >= 11 is 0. The predicted molar refractivity (Wildman–Crippen MR) is 104 cm³/mol. The Morgan fingerprint density at radius 1 is 0.931 bits per heavy atom. The van der Waals surface area contributed by atoms with E-state index in [9.17, 15) is 8.78 Å². The van der Waals surface area contributed by atoms with Crippen LogP contribution in [0.3, 0.4) is 0 Å². The number of hydrogen-bond donors (Lipinski definition) is 0. The number of anilines is 2. The number of halogens is 2. The molecular weight excluding hydrogens is 378 g/mol. The molecule has 0 bridgehead atoms. The van der Waals surface area contributed by atoms with Gasteiger partial charge in [0.25, 0.3) is 5.92 Å². The summed E-state index contributed by atoms with van der Waals surface area (Å²) in [6, 6.07) is 4.03. The minimum absolute atomic E-state index is 0.116. The standard InChI is InChI=1S/C20H26F2N6O/c21-20(22)3-5-27(6-4-20)18-12-19(24-14-23-18)28-9-7-26(8-10-28)13-16-11-17(29-25-16)15-1-2-15/h11-12,14-15H,1-10,13H2. The van der Waals surface area contributed by atoms with E-state index >= 15 is 0 Å². The van der Waals surface area contributed by atoms with Gasteiger partial charge in [0.15, 0.2) is 0 Å². The Kier molecular flexibility index (Phi) is 4.85. The SMILES string of the molecule is FC1(F)CCN(c2cc(N3CCN(Cc4cc(C5CC5)on4)CC3)ncn2)CC1. The van der Waals surface area contributed by atoms with Gasteiger partial charge in [-0.1, -0.05) is 5.16 Å². The molecule has 3 fully saturated rings. The summed E-state index contributed by atoms with van der Waals surface area (Å²) in [7, 11) is 0. The van der Waals surface area contributed by atoms with Gasteiger partial charge in [-0.05, 0) is 12.8 Å². The van der Waals surface area contributed by atoms with Crippen molar-refractivity contribution in [3.63, 3.8) is 0 Å². The van der Waals surface area contributed by atoms with Crippen LogP contribution in [-0.4, -0.2) is 65.2 Å². The normalized spacial score (nSPS) is 22.8. The van der Waals surface area contributed by atoms with Crippen molar-refractivity contribution in [2.45, 2.75) is 44.1 Å². The van der Waals surface area contributed by atoms with E-state index in [4.69, 9.17) is 4.52 Å². The molecule has 29 heavy (non-hydrogen) atoms. The molecule has 3 aliphatic rings. The lowest BCUT2D eigenvalue weighted by Crippen LogP contribution is -2.46. The topological polar surface area (TPSA) is 61.5 Å². The third kappa shape index (κ3) is 4.34. The summed E-state index contributed by atoms with van der Waals surface area (Å²) in [6.07, 6.45) is 3.74. The first-order valence-electron chi connectivity index (χ1n) is 10.4. The van der Waals surface area contributed by atoms with E-state index in [0.29, 0.717) is 19.0 Å². The Morgan fingerprint density at radius 2 is 1.59 bits per heavy atom. The van der Waals surface area contributed by atoms with Gasteiger partial charge in [-0.2, -0.15) is 0 Å². The van der Waals surface area contributed by atoms with Crippen molar-refractivity contribution in [1.29, 1.82) is 0 Å². The number of piperazine rings is 1. The molecule has 0 atom stereocenters. The van der Waals surface area contributed by atoms with Crippen molar-refractivity contribution in [3.05, 3.63) is 29.9 Å². The quantitative estimate of drug-likeness (QED) is 0.759. The highest BCUT2D eigenvalue weighted by Gasteiger charge is 2.34. The first-order chi connectivity index (χ1) is 14.1. The van der Waals surface area contributed by atoms with Gasteiger partial charge in [0.2, 0.25) is 0 Å². The lowest BCUT2D eigenvalue weighted by Gasteiger charge is -2.36. The minimum atomic E-state index is -2.55. The van der Waals surface area contributed by atoms with Crippen LogP contribution in [0.5, 0.6) is 0 Å². The minimum Gasteiger partial charge on any atom is -0.361 e. The zero-order valence-electron chi connectivity index (χ0n) is 16.4. The zero-order valence-corrected chi connectivity index (χ0v) is 16.4. The fourth-order valence-electron chi connectivity index (χ4n) is 4.07. The second-order valence-electron chi connectivity index (χ2n) is 8.34. The maximum Gasteiger partial charge on any atom is 0.251 e. The molecule has 2 saturated heterocycles. The van der Waals surface area contributed by atoms with Gasteiger partial charge >= 0.3 is 0 Å². The molecule has 5 rings (SSSR count). The molecule has 1 saturated carbocycles. The molecule has 2 aliphatic heterocycles. The van der Waals surface area contributed by atoms with E-state index in [2.05, 4.69) is 31.0 Å². The largest absolute Gasteiger partial charge is 0.361 e. The van der Waals surface area contributed by atoms with Crippen molar-refractivity contribution in [2.24, 2.45) is 0 Å². The molecule has 0 aromatic carbocycles. The van der Waals surface area contributed by atoms with Crippen LogP contribution in [0.4, 0.5) is 20.4 Å². The van der Waals surface area contributed by atoms with Gasteiger partial charge in [0.05, 0.1) is 5.69 Å². The average molecular weight is 404 g/mol. The summed E-state index contributed by atoms with van der Waals surface area (Å²) in [5.74, 6) is 0.674. The Balaban J connectivity index is 1.16. The number of piperidine rings is 1. The Morgan fingerprint density at radius 3 is 2.24 bits per heavy atom. The Labute approximate surface area is 168 Å². The monoisotopic (exact) mass is 404 g/mol. The summed E-state index contributed by atoms with van der Waals surface area (Å²) in [5, 5.41) is 4.21. The predicted octanol–water partition coefficient (Wildman–Crippen LogP) is 2.90. The van der Waals surface area contributed by atoms with Crippen molar-refractivity contribution < 1.29 is 13.3 Å². The molecule has 9 heteroatoms. The molecule has 0 amide bonds. The van der Waals surface area contributed by atoms with Crippen LogP contribution in [0.2, 0.25) is 0 Å². The van der Waals surface area contributed by atoms with Gasteiger partial charge in [0, 0.05) is 76.7 Å². The second kappa shape index (κ2) is 7.51. The highest BCUT2D eigenvalue weighted by atomic mass is 19.3. The smallest absolute Gasteiger partial charge is 0.251 e. The van der Waals surface area contributed by atoms with E-state index in [0.717, 1.165) is 55.8 Å². The second-order valence-corrected chi connectivity index (χ2v) is 8.34. The van der Waals surface area contributed by atoms with Crippen LogP contribution >= 0.6 is 0 Å². The van der Waals surface area contributed by atoms with Crippen molar-refractivity contribution in [1.82, 2.24) is 20.0 Å². The van der Waals surface area contributed by atoms with Crippen molar-refractivity contribution in [3.8, 4) is 0 Å². The first kappa shape index (κ1) is 18.7. The number of rotatable bonds is 5. The molecule has 0 radical (unpaired) electrons. The van der Waals surface area contributed by atoms with Crippen LogP contribution in [0.15, 0.2) is 23.0 Å². The number of hydrogen-bond acceptors (Lipinski definition) is 7. The van der Waals surface area contributed by atoms with Crippen molar-refractivity contribution in [2.75, 3.05) is 49.1 Å². The molecular formula is C20H26F2N6O. The van der Waals surface area contributed by atoms with Gasteiger partial charge < -0.3 is 14.3 Å². The van der Waals surface area contributed by atoms with E-state index in [-0.39, 0.29) is 12.8 Å². The maximum absolute atomic E-state index is 13.4. The van der Waals surface area contributed by atoms with E-state index < -0.39 is 5.92 Å². The summed E-state index contributed by atoms with van der Waals surface area (Å²) in [5.41, 5.74) is 1.01. The van der Waals surface area contributed by atoms with Crippen LogP contribution < -0.4 is 9.80 Å². The molecule has 0 spiro atoms. The molecule has 156 valence electrons. The molecule has 2 aromatic rings. The first-order valence-corrected chi connectivity index (χ1v) is 10.4. The van der Waals surface area contributed by atoms with Gasteiger partial charge in [-0.3, -0.25) is 4.90 Å². The molecule has 0 unspecified atom stereocenters. The number of nitrogens with zero attached hydrogens (tertiary/aromatic N) is 6. The lowest BCUT2D eigenvalue weighted by atomic mass is 10.1. The molecule has 7 nitrogen and oxygen atoms in total. The third-order valence-corrected chi connectivity index (χ3v) is 6.10. The van der Waals surface area contributed by atoms with Crippen molar-refractivity contribution >= 4 is 11.6 Å². The Bertz CT molecular complexity index is 837. The lowest BCUT2D eigenvalue weighted by molar-refractivity contribution is -0.0221. The average Bonchev–Trinajstić information content (AvgIpc) is 3.48. The van der Waals surface area contributed by atoms with Crippen LogP contribution in [0.25, 0.3) is 0 Å². The third-order valence-electron chi connectivity index (χ3n) is 6.10. The van der Waals surface area contributed by atoms with Crippen LogP contribution in [-0.2, 0) is 6.54 Å². The molecule has 2 aromatic heterocycles. The fraction of sp³-hybridized carbons (Fsp3) is 0.650.